The predicted molar refractivity (Wildman–Crippen MR) is 57.6 cm³/mol. The van der Waals surface area contributed by atoms with Crippen molar-refractivity contribution in [1.29, 1.82) is 0 Å². The molecule has 4 heteroatoms. The molecule has 0 amide bonds. The fourth-order valence-electron chi connectivity index (χ4n) is 1.42. The molecule has 0 atom stereocenters. The van der Waals surface area contributed by atoms with E-state index in [9.17, 15) is 4.79 Å². The summed E-state index contributed by atoms with van der Waals surface area (Å²) in [5.74, 6) is 0.256. The number of carbonyl (C=O) groups is 1. The second-order valence-electron chi connectivity index (χ2n) is 3.21. The second kappa shape index (κ2) is 4.14. The Morgan fingerprint density at radius 3 is 3.00 bits per heavy atom. The van der Waals surface area contributed by atoms with Gasteiger partial charge in [0, 0.05) is 23.6 Å². The fraction of sp³-hybridized carbons (Fsp3) is 0.182. The third kappa shape index (κ3) is 1.99. The molecule has 3 N–H and O–H groups in total. The van der Waals surface area contributed by atoms with Crippen LogP contribution in [0.5, 0.6) is 5.75 Å². The van der Waals surface area contributed by atoms with Crippen molar-refractivity contribution in [3.05, 3.63) is 30.5 Å². The molecule has 0 fully saturated rings. The number of aromatic amines is 1. The van der Waals surface area contributed by atoms with Gasteiger partial charge in [0.15, 0.2) is 5.75 Å². The number of rotatable bonds is 3. The van der Waals surface area contributed by atoms with Crippen LogP contribution in [-0.2, 0) is 4.79 Å². The maximum absolute atomic E-state index is 11.2. The van der Waals surface area contributed by atoms with E-state index in [1.54, 1.807) is 6.20 Å². The molecule has 0 radical (unpaired) electrons. The number of carbonyl (C=O) groups excluding carboxylic acids is 1. The number of benzene rings is 1. The normalized spacial score (nSPS) is 10.5. The molecule has 0 aliphatic heterocycles. The van der Waals surface area contributed by atoms with Gasteiger partial charge in [-0.2, -0.15) is 0 Å². The van der Waals surface area contributed by atoms with Crippen LogP contribution < -0.4 is 10.5 Å². The molecule has 1 heterocycles. The Morgan fingerprint density at radius 1 is 1.40 bits per heavy atom. The van der Waals surface area contributed by atoms with Crippen molar-refractivity contribution in [2.45, 2.75) is 6.42 Å². The molecule has 4 nitrogen and oxygen atoms in total. The lowest BCUT2D eigenvalue weighted by atomic mass is 10.2. The summed E-state index contributed by atoms with van der Waals surface area (Å²) in [5.41, 5.74) is 6.21. The second-order valence-corrected chi connectivity index (χ2v) is 3.21. The van der Waals surface area contributed by atoms with Crippen LogP contribution in [-0.4, -0.2) is 17.5 Å². The average Bonchev–Trinajstić information content (AvgIpc) is 2.62. The van der Waals surface area contributed by atoms with Crippen LogP contribution in [0.4, 0.5) is 0 Å². The first-order valence-electron chi connectivity index (χ1n) is 4.78. The van der Waals surface area contributed by atoms with Crippen molar-refractivity contribution >= 4 is 16.9 Å². The smallest absolute Gasteiger partial charge is 0.312 e. The number of nitrogens with one attached hydrogen (secondary N) is 1. The molecular formula is C11H12N2O2. The molecule has 2 rings (SSSR count). The van der Waals surface area contributed by atoms with E-state index < -0.39 is 0 Å². The Balaban J connectivity index is 2.25. The van der Waals surface area contributed by atoms with Gasteiger partial charge in [-0.25, -0.2) is 0 Å². The lowest BCUT2D eigenvalue weighted by Gasteiger charge is -2.00. The Labute approximate surface area is 87.0 Å². The average molecular weight is 204 g/mol. The van der Waals surface area contributed by atoms with Gasteiger partial charge in [0.05, 0.1) is 6.42 Å². The van der Waals surface area contributed by atoms with Gasteiger partial charge in [0.2, 0.25) is 0 Å². The van der Waals surface area contributed by atoms with E-state index in [-0.39, 0.29) is 12.4 Å². The molecule has 0 saturated heterocycles. The first-order chi connectivity index (χ1) is 7.31. The first kappa shape index (κ1) is 9.73. The van der Waals surface area contributed by atoms with Crippen molar-refractivity contribution in [1.82, 2.24) is 4.98 Å². The Hall–Kier alpha value is -1.81. The monoisotopic (exact) mass is 204 g/mol. The summed E-state index contributed by atoms with van der Waals surface area (Å²) in [7, 11) is 0. The maximum Gasteiger partial charge on any atom is 0.312 e. The van der Waals surface area contributed by atoms with Gasteiger partial charge < -0.3 is 15.5 Å². The number of ether oxygens (including phenoxy) is 1. The molecule has 0 bridgehead atoms. The Kier molecular flexibility index (Phi) is 2.69. The molecule has 0 aliphatic carbocycles. The van der Waals surface area contributed by atoms with Gasteiger partial charge in [-0.3, -0.25) is 4.79 Å². The third-order valence-electron chi connectivity index (χ3n) is 2.12. The van der Waals surface area contributed by atoms with E-state index in [0.29, 0.717) is 12.3 Å². The number of nitrogens with two attached hydrogens (primary N) is 1. The van der Waals surface area contributed by atoms with Crippen molar-refractivity contribution in [2.75, 3.05) is 6.54 Å². The van der Waals surface area contributed by atoms with Crippen molar-refractivity contribution < 1.29 is 9.53 Å². The number of fused-ring (bicyclic) bond motifs is 1. The minimum absolute atomic E-state index is 0.236. The minimum Gasteiger partial charge on any atom is -0.424 e. The zero-order valence-electron chi connectivity index (χ0n) is 8.19. The summed E-state index contributed by atoms with van der Waals surface area (Å²) in [6.07, 6.45) is 1.92. The number of hydrogen-bond donors (Lipinski definition) is 2. The SMILES string of the molecule is NCCC(=O)Oc1c[nH]c2ccccc12. The molecule has 1 aromatic heterocycles. The van der Waals surface area contributed by atoms with Crippen molar-refractivity contribution in [3.63, 3.8) is 0 Å². The predicted octanol–water partition coefficient (Wildman–Crippen LogP) is 1.42. The van der Waals surface area contributed by atoms with Crippen LogP contribution in [0.1, 0.15) is 6.42 Å². The number of hydrogen-bond acceptors (Lipinski definition) is 3. The summed E-state index contributed by atoms with van der Waals surface area (Å²) in [4.78, 5) is 14.3. The topological polar surface area (TPSA) is 68.1 Å². The van der Waals surface area contributed by atoms with Crippen LogP contribution in [0, 0.1) is 0 Å². The highest BCUT2D eigenvalue weighted by atomic mass is 16.5. The summed E-state index contributed by atoms with van der Waals surface area (Å²) >= 11 is 0. The van der Waals surface area contributed by atoms with E-state index in [1.807, 2.05) is 24.3 Å². The summed E-state index contributed by atoms with van der Waals surface area (Å²) in [5, 5.41) is 0.905. The zero-order valence-corrected chi connectivity index (χ0v) is 8.19. The van der Waals surface area contributed by atoms with E-state index in [1.165, 1.54) is 0 Å². The van der Waals surface area contributed by atoms with Gasteiger partial charge in [0.1, 0.15) is 0 Å². The molecule has 1 aromatic carbocycles. The molecule has 15 heavy (non-hydrogen) atoms. The summed E-state index contributed by atoms with van der Waals surface area (Å²) in [6, 6.07) is 7.65. The molecule has 78 valence electrons. The van der Waals surface area contributed by atoms with Gasteiger partial charge in [0.25, 0.3) is 0 Å². The van der Waals surface area contributed by atoms with E-state index >= 15 is 0 Å². The zero-order chi connectivity index (χ0) is 10.7. The maximum atomic E-state index is 11.2. The minimum atomic E-state index is -0.303. The highest BCUT2D eigenvalue weighted by Crippen LogP contribution is 2.24. The van der Waals surface area contributed by atoms with Crippen LogP contribution in [0.3, 0.4) is 0 Å². The van der Waals surface area contributed by atoms with E-state index in [0.717, 1.165) is 10.9 Å². The largest absolute Gasteiger partial charge is 0.424 e. The Morgan fingerprint density at radius 2 is 2.20 bits per heavy atom. The summed E-state index contributed by atoms with van der Waals surface area (Å²) in [6.45, 7) is 0.307. The van der Waals surface area contributed by atoms with Crippen LogP contribution >= 0.6 is 0 Å². The fourth-order valence-corrected chi connectivity index (χ4v) is 1.42. The molecule has 0 aliphatic rings. The van der Waals surface area contributed by atoms with Gasteiger partial charge in [-0.15, -0.1) is 0 Å². The number of esters is 1. The number of H-pyrrole nitrogens is 1. The first-order valence-corrected chi connectivity index (χ1v) is 4.78. The molecule has 0 spiro atoms. The Bertz CT molecular complexity index is 476. The molecular weight excluding hydrogens is 192 g/mol. The van der Waals surface area contributed by atoms with Crippen molar-refractivity contribution in [2.24, 2.45) is 5.73 Å². The molecule has 0 unspecified atom stereocenters. The van der Waals surface area contributed by atoms with Gasteiger partial charge >= 0.3 is 5.97 Å². The van der Waals surface area contributed by atoms with Crippen molar-refractivity contribution in [3.8, 4) is 5.75 Å². The van der Waals surface area contributed by atoms with E-state index in [4.69, 9.17) is 10.5 Å². The quantitative estimate of drug-likeness (QED) is 0.743. The van der Waals surface area contributed by atoms with E-state index in [2.05, 4.69) is 4.98 Å². The third-order valence-corrected chi connectivity index (χ3v) is 2.12. The highest BCUT2D eigenvalue weighted by molar-refractivity contribution is 5.88. The number of aromatic nitrogens is 1. The van der Waals surface area contributed by atoms with Gasteiger partial charge in [-0.05, 0) is 12.1 Å². The standard InChI is InChI=1S/C11H12N2O2/c12-6-5-11(14)15-10-7-13-9-4-2-1-3-8(9)10/h1-4,7,13H,5-6,12H2. The van der Waals surface area contributed by atoms with Crippen LogP contribution in [0.2, 0.25) is 0 Å². The molecule has 2 aromatic rings. The van der Waals surface area contributed by atoms with Crippen LogP contribution in [0.15, 0.2) is 30.5 Å². The lowest BCUT2D eigenvalue weighted by molar-refractivity contribution is -0.134. The number of para-hydroxylation sites is 1. The summed E-state index contributed by atoms with van der Waals surface area (Å²) < 4.78 is 5.16. The van der Waals surface area contributed by atoms with Gasteiger partial charge in [-0.1, -0.05) is 12.1 Å². The molecule has 0 saturated carbocycles. The van der Waals surface area contributed by atoms with Crippen LogP contribution in [0.25, 0.3) is 10.9 Å². The highest BCUT2D eigenvalue weighted by Gasteiger charge is 2.08. The lowest BCUT2D eigenvalue weighted by Crippen LogP contribution is -2.13.